The summed E-state index contributed by atoms with van der Waals surface area (Å²) in [5, 5.41) is 11.9. The van der Waals surface area contributed by atoms with Gasteiger partial charge in [-0.3, -0.25) is 4.79 Å². The number of pyridine rings is 1. The SMILES string of the molecule is COc1cc(C(=O)O)nc(C(=O)Nc2c(C)cc(OC)c(C)c2C)c1. The Hall–Kier alpha value is -3.09. The van der Waals surface area contributed by atoms with Gasteiger partial charge in [-0.05, 0) is 43.5 Å². The summed E-state index contributed by atoms with van der Waals surface area (Å²) in [5.41, 5.74) is 2.95. The first-order valence-electron chi connectivity index (χ1n) is 7.54. The number of aryl methyl sites for hydroxylation is 1. The fourth-order valence-corrected chi connectivity index (χ4v) is 2.48. The number of carbonyl (C=O) groups excluding carboxylic acids is 1. The molecule has 2 aromatic rings. The molecule has 1 amide bonds. The molecule has 0 aliphatic heterocycles. The van der Waals surface area contributed by atoms with E-state index in [0.717, 1.165) is 22.4 Å². The summed E-state index contributed by atoms with van der Waals surface area (Å²) >= 11 is 0. The van der Waals surface area contributed by atoms with Crippen LogP contribution in [0, 0.1) is 20.8 Å². The number of hydrogen-bond acceptors (Lipinski definition) is 5. The summed E-state index contributed by atoms with van der Waals surface area (Å²) in [4.78, 5) is 27.6. The maximum atomic E-state index is 12.6. The molecule has 0 fully saturated rings. The number of benzene rings is 1. The molecule has 1 aromatic carbocycles. The molecule has 1 aromatic heterocycles. The molecule has 2 rings (SSSR count). The molecule has 2 N–H and O–H groups in total. The van der Waals surface area contributed by atoms with Crippen LogP contribution in [0.4, 0.5) is 5.69 Å². The largest absolute Gasteiger partial charge is 0.497 e. The van der Waals surface area contributed by atoms with Gasteiger partial charge in [0.05, 0.1) is 14.2 Å². The van der Waals surface area contributed by atoms with Crippen LogP contribution in [-0.4, -0.2) is 36.2 Å². The quantitative estimate of drug-likeness (QED) is 0.865. The maximum Gasteiger partial charge on any atom is 0.354 e. The van der Waals surface area contributed by atoms with Crippen LogP contribution in [0.25, 0.3) is 0 Å². The van der Waals surface area contributed by atoms with E-state index in [2.05, 4.69) is 10.3 Å². The summed E-state index contributed by atoms with van der Waals surface area (Å²) in [5.74, 6) is -0.768. The lowest BCUT2D eigenvalue weighted by Gasteiger charge is -2.17. The monoisotopic (exact) mass is 344 g/mol. The van der Waals surface area contributed by atoms with Crippen LogP contribution in [0.3, 0.4) is 0 Å². The zero-order chi connectivity index (χ0) is 18.7. The third-order valence-electron chi connectivity index (χ3n) is 3.99. The van der Waals surface area contributed by atoms with Gasteiger partial charge < -0.3 is 19.9 Å². The number of nitrogens with zero attached hydrogens (tertiary/aromatic N) is 1. The first kappa shape index (κ1) is 18.3. The average Bonchev–Trinajstić information content (AvgIpc) is 2.60. The van der Waals surface area contributed by atoms with Crippen LogP contribution in [0.15, 0.2) is 18.2 Å². The first-order chi connectivity index (χ1) is 11.8. The fourth-order valence-electron chi connectivity index (χ4n) is 2.48. The van der Waals surface area contributed by atoms with Gasteiger partial charge in [-0.15, -0.1) is 0 Å². The third kappa shape index (κ3) is 3.71. The van der Waals surface area contributed by atoms with Gasteiger partial charge >= 0.3 is 5.97 Å². The van der Waals surface area contributed by atoms with Gasteiger partial charge in [0.2, 0.25) is 0 Å². The number of aromatic nitrogens is 1. The lowest BCUT2D eigenvalue weighted by atomic mass is 10.0. The second-order valence-electron chi connectivity index (χ2n) is 5.56. The highest BCUT2D eigenvalue weighted by molar-refractivity contribution is 6.04. The van der Waals surface area contributed by atoms with Crippen LogP contribution in [-0.2, 0) is 0 Å². The van der Waals surface area contributed by atoms with Crippen molar-refractivity contribution in [2.24, 2.45) is 0 Å². The van der Waals surface area contributed by atoms with E-state index >= 15 is 0 Å². The highest BCUT2D eigenvalue weighted by atomic mass is 16.5. The normalized spacial score (nSPS) is 10.3. The second-order valence-corrected chi connectivity index (χ2v) is 5.56. The molecule has 0 saturated heterocycles. The lowest BCUT2D eigenvalue weighted by molar-refractivity contribution is 0.0690. The van der Waals surface area contributed by atoms with Gasteiger partial charge in [0.15, 0.2) is 5.69 Å². The molecular formula is C18H20N2O5. The Morgan fingerprint density at radius 2 is 1.64 bits per heavy atom. The van der Waals surface area contributed by atoms with Crippen molar-refractivity contribution in [1.82, 2.24) is 4.98 Å². The molecule has 0 saturated carbocycles. The lowest BCUT2D eigenvalue weighted by Crippen LogP contribution is -2.17. The van der Waals surface area contributed by atoms with Crippen LogP contribution in [0.5, 0.6) is 11.5 Å². The Labute approximate surface area is 145 Å². The van der Waals surface area contributed by atoms with Crippen molar-refractivity contribution in [3.8, 4) is 11.5 Å². The summed E-state index contributed by atoms with van der Waals surface area (Å²) in [6.07, 6.45) is 0. The van der Waals surface area contributed by atoms with E-state index < -0.39 is 11.9 Å². The van der Waals surface area contributed by atoms with Crippen LogP contribution in [0.1, 0.15) is 37.7 Å². The van der Waals surface area contributed by atoms with E-state index in [1.54, 1.807) is 7.11 Å². The number of hydrogen-bond donors (Lipinski definition) is 2. The molecule has 1 heterocycles. The Bertz CT molecular complexity index is 846. The molecule has 25 heavy (non-hydrogen) atoms. The van der Waals surface area contributed by atoms with Crippen molar-refractivity contribution in [3.05, 3.63) is 46.3 Å². The maximum absolute atomic E-state index is 12.6. The van der Waals surface area contributed by atoms with Gasteiger partial charge in [-0.1, -0.05) is 0 Å². The average molecular weight is 344 g/mol. The molecule has 0 aliphatic carbocycles. The van der Waals surface area contributed by atoms with Crippen molar-refractivity contribution < 1.29 is 24.2 Å². The highest BCUT2D eigenvalue weighted by Crippen LogP contribution is 2.31. The minimum absolute atomic E-state index is 0.0379. The van der Waals surface area contributed by atoms with Crippen molar-refractivity contribution in [3.63, 3.8) is 0 Å². The van der Waals surface area contributed by atoms with E-state index in [0.29, 0.717) is 5.69 Å². The smallest absolute Gasteiger partial charge is 0.354 e. The summed E-state index contributed by atoms with van der Waals surface area (Å²) in [6.45, 7) is 5.63. The van der Waals surface area contributed by atoms with Crippen LogP contribution in [0.2, 0.25) is 0 Å². The second kappa shape index (κ2) is 7.21. The first-order valence-corrected chi connectivity index (χ1v) is 7.54. The Kier molecular flexibility index (Phi) is 5.26. The van der Waals surface area contributed by atoms with E-state index in [4.69, 9.17) is 14.6 Å². The topological polar surface area (TPSA) is 97.8 Å². The number of rotatable bonds is 5. The van der Waals surface area contributed by atoms with Crippen molar-refractivity contribution in [2.45, 2.75) is 20.8 Å². The number of nitrogens with one attached hydrogen (secondary N) is 1. The molecule has 0 radical (unpaired) electrons. The molecular weight excluding hydrogens is 324 g/mol. The fraction of sp³-hybridized carbons (Fsp3) is 0.278. The Balaban J connectivity index is 2.42. The zero-order valence-electron chi connectivity index (χ0n) is 14.8. The number of aromatic carboxylic acids is 1. The van der Waals surface area contributed by atoms with E-state index in [1.165, 1.54) is 19.2 Å². The van der Waals surface area contributed by atoms with Crippen molar-refractivity contribution >= 4 is 17.6 Å². The number of anilines is 1. The van der Waals surface area contributed by atoms with Gasteiger partial charge in [0.25, 0.3) is 5.91 Å². The van der Waals surface area contributed by atoms with Gasteiger partial charge in [-0.2, -0.15) is 0 Å². The minimum Gasteiger partial charge on any atom is -0.497 e. The van der Waals surface area contributed by atoms with Gasteiger partial charge in [0, 0.05) is 17.8 Å². The number of carbonyl (C=O) groups is 2. The predicted octanol–water partition coefficient (Wildman–Crippen LogP) is 2.97. The summed E-state index contributed by atoms with van der Waals surface area (Å²) in [6, 6.07) is 4.48. The van der Waals surface area contributed by atoms with Crippen molar-refractivity contribution in [1.29, 1.82) is 0 Å². The molecule has 132 valence electrons. The van der Waals surface area contributed by atoms with E-state index in [9.17, 15) is 9.59 Å². The standard InChI is InChI=1S/C18H20N2O5/c1-9-6-15(25-5)10(2)11(3)16(9)20-17(21)13-7-12(24-4)8-14(19-13)18(22)23/h6-8H,1-5H3,(H,20,21)(H,22,23). The number of methoxy groups -OCH3 is 2. The van der Waals surface area contributed by atoms with Crippen LogP contribution < -0.4 is 14.8 Å². The Morgan fingerprint density at radius 3 is 2.20 bits per heavy atom. The molecule has 0 aliphatic rings. The zero-order valence-corrected chi connectivity index (χ0v) is 14.8. The number of amides is 1. The number of carboxylic acids is 1. The number of ether oxygens (including phenoxy) is 2. The summed E-state index contributed by atoms with van der Waals surface area (Å²) in [7, 11) is 2.98. The molecule has 0 bridgehead atoms. The van der Waals surface area contributed by atoms with E-state index in [1.807, 2.05) is 26.8 Å². The molecule has 0 spiro atoms. The molecule has 0 unspecified atom stereocenters. The molecule has 7 heteroatoms. The van der Waals surface area contributed by atoms with E-state index in [-0.39, 0.29) is 17.1 Å². The van der Waals surface area contributed by atoms with Gasteiger partial charge in [-0.25, -0.2) is 9.78 Å². The minimum atomic E-state index is -1.24. The third-order valence-corrected chi connectivity index (χ3v) is 3.99. The Morgan fingerprint density at radius 1 is 1.00 bits per heavy atom. The van der Waals surface area contributed by atoms with Crippen LogP contribution >= 0.6 is 0 Å². The predicted molar refractivity (Wildman–Crippen MR) is 92.9 cm³/mol. The molecule has 0 atom stereocenters. The molecule has 7 nitrogen and oxygen atoms in total. The highest BCUT2D eigenvalue weighted by Gasteiger charge is 2.18. The summed E-state index contributed by atoms with van der Waals surface area (Å²) < 4.78 is 10.4. The number of carboxylic acid groups (broad SMARTS) is 1. The van der Waals surface area contributed by atoms with Gasteiger partial charge in [0.1, 0.15) is 17.2 Å². The van der Waals surface area contributed by atoms with Crippen molar-refractivity contribution in [2.75, 3.05) is 19.5 Å².